The molecule has 0 aromatic heterocycles. The van der Waals surface area contributed by atoms with Gasteiger partial charge in [-0.15, -0.1) is 0 Å². The number of anilines is 1. The minimum Gasteiger partial charge on any atom is -0.399 e. The minimum absolute atomic E-state index is 0.819. The molecule has 16 heavy (non-hydrogen) atoms. The number of rotatable bonds is 1. The normalized spacial score (nSPS) is 16.6. The summed E-state index contributed by atoms with van der Waals surface area (Å²) in [7, 11) is 0. The average molecular weight is 214 g/mol. The Balaban J connectivity index is 2.22. The highest BCUT2D eigenvalue weighted by molar-refractivity contribution is 5.67. The number of nitrogens with one attached hydrogen (secondary N) is 1. The number of hydrogen-bond acceptors (Lipinski definition) is 2. The Kier molecular flexibility index (Phi) is 3.30. The molecule has 2 nitrogen and oxygen atoms in total. The van der Waals surface area contributed by atoms with Crippen molar-refractivity contribution in [2.24, 2.45) is 0 Å². The Hall–Kier alpha value is -1.70. The molecule has 84 valence electrons. The summed E-state index contributed by atoms with van der Waals surface area (Å²) in [5, 5.41) is 3.32. The van der Waals surface area contributed by atoms with Gasteiger partial charge in [0.1, 0.15) is 0 Å². The fourth-order valence-corrected chi connectivity index (χ4v) is 1.87. The lowest BCUT2D eigenvalue weighted by Gasteiger charge is -2.12. The van der Waals surface area contributed by atoms with E-state index < -0.39 is 0 Å². The molecular weight excluding hydrogens is 196 g/mol. The SMILES string of the molecule is CC1=CCCCC(c2ccc(N)cc2)=CN1. The lowest BCUT2D eigenvalue weighted by atomic mass is 9.99. The van der Waals surface area contributed by atoms with Gasteiger partial charge >= 0.3 is 0 Å². The maximum absolute atomic E-state index is 5.69. The Morgan fingerprint density at radius 1 is 1.19 bits per heavy atom. The lowest BCUT2D eigenvalue weighted by molar-refractivity contribution is 0.843. The van der Waals surface area contributed by atoms with Crippen LogP contribution in [-0.4, -0.2) is 0 Å². The number of nitrogens with two attached hydrogens (primary N) is 1. The average Bonchev–Trinajstić information content (AvgIpc) is 2.26. The van der Waals surface area contributed by atoms with Crippen LogP contribution in [0.1, 0.15) is 31.7 Å². The van der Waals surface area contributed by atoms with E-state index in [-0.39, 0.29) is 0 Å². The summed E-state index contributed by atoms with van der Waals surface area (Å²) >= 11 is 0. The first kappa shape index (κ1) is 10.8. The molecule has 2 rings (SSSR count). The quantitative estimate of drug-likeness (QED) is 0.704. The van der Waals surface area contributed by atoms with E-state index in [4.69, 9.17) is 5.73 Å². The Morgan fingerprint density at radius 2 is 1.94 bits per heavy atom. The van der Waals surface area contributed by atoms with Crippen LogP contribution < -0.4 is 11.1 Å². The Labute approximate surface area is 96.9 Å². The standard InChI is InChI=1S/C14H18N2/c1-11-4-2-3-5-13(10-16-11)12-6-8-14(15)9-7-12/h4,6-10,16H,2-3,5,15H2,1H3. The first-order valence-corrected chi connectivity index (χ1v) is 5.74. The second kappa shape index (κ2) is 4.88. The molecule has 0 spiro atoms. The molecule has 0 atom stereocenters. The summed E-state index contributed by atoms with van der Waals surface area (Å²) in [5.74, 6) is 0. The van der Waals surface area contributed by atoms with Crippen LogP contribution in [-0.2, 0) is 0 Å². The van der Waals surface area contributed by atoms with Crippen molar-refractivity contribution in [3.63, 3.8) is 0 Å². The van der Waals surface area contributed by atoms with Crippen molar-refractivity contribution in [1.82, 2.24) is 5.32 Å². The molecule has 0 saturated heterocycles. The molecule has 1 aliphatic heterocycles. The third-order valence-corrected chi connectivity index (χ3v) is 2.86. The highest BCUT2D eigenvalue weighted by atomic mass is 14.8. The molecule has 0 bridgehead atoms. The van der Waals surface area contributed by atoms with Gasteiger partial charge in [-0.05, 0) is 49.5 Å². The minimum atomic E-state index is 0.819. The van der Waals surface area contributed by atoms with Crippen LogP contribution in [0.3, 0.4) is 0 Å². The van der Waals surface area contributed by atoms with Gasteiger partial charge in [0, 0.05) is 17.6 Å². The number of benzene rings is 1. The Bertz CT molecular complexity index is 413. The molecule has 0 saturated carbocycles. The van der Waals surface area contributed by atoms with E-state index in [9.17, 15) is 0 Å². The first-order valence-electron chi connectivity index (χ1n) is 5.74. The van der Waals surface area contributed by atoms with E-state index in [1.54, 1.807) is 0 Å². The smallest absolute Gasteiger partial charge is 0.0314 e. The van der Waals surface area contributed by atoms with Gasteiger partial charge in [0.25, 0.3) is 0 Å². The van der Waals surface area contributed by atoms with Gasteiger partial charge in [0.2, 0.25) is 0 Å². The van der Waals surface area contributed by atoms with Crippen LogP contribution in [0.5, 0.6) is 0 Å². The van der Waals surface area contributed by atoms with Gasteiger partial charge < -0.3 is 11.1 Å². The van der Waals surface area contributed by atoms with Crippen molar-refractivity contribution >= 4 is 11.3 Å². The molecule has 1 aromatic carbocycles. The van der Waals surface area contributed by atoms with Crippen molar-refractivity contribution in [3.05, 3.63) is 47.8 Å². The molecule has 0 amide bonds. The number of hydrogen-bond donors (Lipinski definition) is 2. The molecule has 1 heterocycles. The monoisotopic (exact) mass is 214 g/mol. The zero-order valence-corrected chi connectivity index (χ0v) is 9.66. The van der Waals surface area contributed by atoms with Crippen LogP contribution in [0.25, 0.3) is 5.57 Å². The van der Waals surface area contributed by atoms with Gasteiger partial charge in [-0.25, -0.2) is 0 Å². The topological polar surface area (TPSA) is 38.0 Å². The van der Waals surface area contributed by atoms with Crippen molar-refractivity contribution in [2.75, 3.05) is 5.73 Å². The van der Waals surface area contributed by atoms with Gasteiger partial charge in [-0.3, -0.25) is 0 Å². The summed E-state index contributed by atoms with van der Waals surface area (Å²) < 4.78 is 0. The zero-order valence-electron chi connectivity index (χ0n) is 9.66. The van der Waals surface area contributed by atoms with Crippen LogP contribution in [0, 0.1) is 0 Å². The summed E-state index contributed by atoms with van der Waals surface area (Å²) in [5.41, 5.74) is 10.4. The van der Waals surface area contributed by atoms with Crippen molar-refractivity contribution in [1.29, 1.82) is 0 Å². The fraction of sp³-hybridized carbons (Fsp3) is 0.286. The van der Waals surface area contributed by atoms with E-state index in [1.807, 2.05) is 12.1 Å². The molecule has 1 aromatic rings. The summed E-state index contributed by atoms with van der Waals surface area (Å²) in [6.07, 6.45) is 7.81. The van der Waals surface area contributed by atoms with Gasteiger partial charge in [0.15, 0.2) is 0 Å². The van der Waals surface area contributed by atoms with Crippen LogP contribution in [0.4, 0.5) is 5.69 Å². The second-order valence-electron chi connectivity index (χ2n) is 4.22. The Morgan fingerprint density at radius 3 is 2.69 bits per heavy atom. The van der Waals surface area contributed by atoms with E-state index >= 15 is 0 Å². The van der Waals surface area contributed by atoms with Gasteiger partial charge in [-0.2, -0.15) is 0 Å². The van der Waals surface area contributed by atoms with Crippen molar-refractivity contribution < 1.29 is 0 Å². The predicted octanol–water partition coefficient (Wildman–Crippen LogP) is 3.29. The second-order valence-corrected chi connectivity index (χ2v) is 4.22. The predicted molar refractivity (Wildman–Crippen MR) is 69.6 cm³/mol. The van der Waals surface area contributed by atoms with E-state index in [2.05, 4.69) is 36.6 Å². The van der Waals surface area contributed by atoms with Crippen LogP contribution in [0.15, 0.2) is 42.2 Å². The highest BCUT2D eigenvalue weighted by Crippen LogP contribution is 2.22. The molecule has 1 aliphatic rings. The third kappa shape index (κ3) is 2.66. The van der Waals surface area contributed by atoms with Gasteiger partial charge in [0.05, 0.1) is 0 Å². The van der Waals surface area contributed by atoms with Gasteiger partial charge in [-0.1, -0.05) is 18.2 Å². The number of allylic oxidation sites excluding steroid dienone is 3. The van der Waals surface area contributed by atoms with Crippen LogP contribution >= 0.6 is 0 Å². The lowest BCUT2D eigenvalue weighted by Crippen LogP contribution is -2.05. The van der Waals surface area contributed by atoms with E-state index in [1.165, 1.54) is 23.3 Å². The summed E-state index contributed by atoms with van der Waals surface area (Å²) in [6, 6.07) is 8.09. The molecule has 3 N–H and O–H groups in total. The van der Waals surface area contributed by atoms with Crippen LogP contribution in [0.2, 0.25) is 0 Å². The van der Waals surface area contributed by atoms with Crippen molar-refractivity contribution in [3.8, 4) is 0 Å². The molecule has 2 heteroatoms. The largest absolute Gasteiger partial charge is 0.399 e. The molecule has 0 unspecified atom stereocenters. The fourth-order valence-electron chi connectivity index (χ4n) is 1.87. The third-order valence-electron chi connectivity index (χ3n) is 2.86. The summed E-state index contributed by atoms with van der Waals surface area (Å²) in [4.78, 5) is 0. The molecule has 0 radical (unpaired) electrons. The number of nitrogen functional groups attached to an aromatic ring is 1. The molecule has 0 fully saturated rings. The van der Waals surface area contributed by atoms with E-state index in [0.717, 1.165) is 18.5 Å². The van der Waals surface area contributed by atoms with Crippen molar-refractivity contribution in [2.45, 2.75) is 26.2 Å². The maximum Gasteiger partial charge on any atom is 0.0314 e. The zero-order chi connectivity index (χ0) is 11.4. The maximum atomic E-state index is 5.69. The highest BCUT2D eigenvalue weighted by Gasteiger charge is 2.03. The van der Waals surface area contributed by atoms with E-state index in [0.29, 0.717) is 0 Å². The first-order chi connectivity index (χ1) is 7.75. The molecular formula is C14H18N2. The summed E-state index contributed by atoms with van der Waals surface area (Å²) in [6.45, 7) is 2.10. The molecule has 0 aliphatic carbocycles.